The molecule has 0 bridgehead atoms. The van der Waals surface area contributed by atoms with Gasteiger partial charge in [0.25, 0.3) is 0 Å². The van der Waals surface area contributed by atoms with Gasteiger partial charge in [-0.05, 0) is 0 Å². The Labute approximate surface area is 119 Å². The SMILES string of the molecule is C[CH-]c1ccccc1Br.[Rb+]. The molecule has 1 aromatic rings. The molecule has 0 aliphatic rings. The van der Waals surface area contributed by atoms with Crippen molar-refractivity contribution in [2.24, 2.45) is 0 Å². The number of hydrogen-bond donors (Lipinski definition) is 0. The minimum atomic E-state index is 0. The Bertz CT molecular complexity index is 198. The van der Waals surface area contributed by atoms with E-state index in [4.69, 9.17) is 0 Å². The van der Waals surface area contributed by atoms with Crippen molar-refractivity contribution < 1.29 is 58.2 Å². The Kier molecular flexibility index (Phi) is 6.77. The Morgan fingerprint density at radius 1 is 1.30 bits per heavy atom. The zero-order valence-electron chi connectivity index (χ0n) is 6.26. The first-order chi connectivity index (χ1) is 4.34. The first-order valence-electron chi connectivity index (χ1n) is 2.88. The Hall–Kier alpha value is 1.38. The molecule has 10 heavy (non-hydrogen) atoms. The molecule has 0 unspecified atom stereocenters. The summed E-state index contributed by atoms with van der Waals surface area (Å²) in [6.07, 6.45) is 2.07. The van der Waals surface area contributed by atoms with Crippen LogP contribution in [0.4, 0.5) is 0 Å². The summed E-state index contributed by atoms with van der Waals surface area (Å²) in [5.41, 5.74) is 1.25. The fourth-order valence-corrected chi connectivity index (χ4v) is 1.22. The third-order valence-electron chi connectivity index (χ3n) is 1.22. The molecule has 0 N–H and O–H groups in total. The van der Waals surface area contributed by atoms with E-state index in [1.165, 1.54) is 5.56 Å². The normalized spacial score (nSPS) is 8.20. The molecule has 0 fully saturated rings. The van der Waals surface area contributed by atoms with Gasteiger partial charge in [-0.3, -0.25) is 0 Å². The van der Waals surface area contributed by atoms with Gasteiger partial charge in [-0.2, -0.15) is 18.1 Å². The number of benzene rings is 1. The first kappa shape index (κ1) is 11.4. The van der Waals surface area contributed by atoms with Crippen LogP contribution in [0.1, 0.15) is 12.5 Å². The van der Waals surface area contributed by atoms with Gasteiger partial charge in [0.1, 0.15) is 0 Å². The Morgan fingerprint density at radius 2 is 1.90 bits per heavy atom. The molecule has 0 saturated carbocycles. The molecule has 0 saturated heterocycles. The van der Waals surface area contributed by atoms with Gasteiger partial charge in [0.05, 0.1) is 0 Å². The van der Waals surface area contributed by atoms with Gasteiger partial charge in [0.15, 0.2) is 0 Å². The molecule has 0 nitrogen and oxygen atoms in total. The molecule has 1 rings (SSSR count). The van der Waals surface area contributed by atoms with Crippen molar-refractivity contribution in [2.75, 3.05) is 0 Å². The summed E-state index contributed by atoms with van der Waals surface area (Å²) in [4.78, 5) is 0. The van der Waals surface area contributed by atoms with Crippen molar-refractivity contribution in [1.29, 1.82) is 0 Å². The molecule has 0 spiro atoms. The zero-order valence-corrected chi connectivity index (χ0v) is 12.8. The zero-order chi connectivity index (χ0) is 6.69. The van der Waals surface area contributed by atoms with Crippen LogP contribution in [0.15, 0.2) is 28.7 Å². The van der Waals surface area contributed by atoms with Gasteiger partial charge in [0.2, 0.25) is 0 Å². The van der Waals surface area contributed by atoms with Crippen LogP contribution in [0.5, 0.6) is 0 Å². The molecule has 0 radical (unpaired) electrons. The second-order valence-electron chi connectivity index (χ2n) is 1.81. The smallest absolute Gasteiger partial charge is 0.186 e. The van der Waals surface area contributed by atoms with Gasteiger partial charge < -0.3 is 0 Å². The quantitative estimate of drug-likeness (QED) is 0.631. The molecular formula is C8H8BrRb. The van der Waals surface area contributed by atoms with Crippen LogP contribution in [-0.4, -0.2) is 0 Å². The standard InChI is InChI=1S/C8H8Br.Rb/c1-2-7-5-3-4-6-8(7)9;/h2-6H,1H3;/q-1;+1. The topological polar surface area (TPSA) is 0 Å². The largest absolute Gasteiger partial charge is 1.00 e. The minimum absolute atomic E-state index is 0. The molecule has 0 aromatic heterocycles. The van der Waals surface area contributed by atoms with Gasteiger partial charge in [-0.25, -0.2) is 0 Å². The van der Waals surface area contributed by atoms with Crippen LogP contribution in [-0.2, 0) is 0 Å². The first-order valence-corrected chi connectivity index (χ1v) is 3.68. The van der Waals surface area contributed by atoms with Crippen LogP contribution in [0.25, 0.3) is 0 Å². The Morgan fingerprint density at radius 3 is 2.30 bits per heavy atom. The van der Waals surface area contributed by atoms with E-state index in [1.54, 1.807) is 0 Å². The van der Waals surface area contributed by atoms with E-state index in [0.29, 0.717) is 0 Å². The molecular weight excluding hydrogens is 261 g/mol. The van der Waals surface area contributed by atoms with E-state index >= 15 is 0 Å². The van der Waals surface area contributed by atoms with Gasteiger partial charge >= 0.3 is 58.2 Å². The predicted molar refractivity (Wildman–Crippen MR) is 43.2 cm³/mol. The second kappa shape index (κ2) is 5.95. The molecule has 0 atom stereocenters. The summed E-state index contributed by atoms with van der Waals surface area (Å²) in [5, 5.41) is 0. The second-order valence-corrected chi connectivity index (χ2v) is 2.66. The fraction of sp³-hybridized carbons (Fsp3) is 0.125. The van der Waals surface area contributed by atoms with Crippen LogP contribution < -0.4 is 58.2 Å². The van der Waals surface area contributed by atoms with Crippen molar-refractivity contribution in [3.05, 3.63) is 40.7 Å². The molecule has 48 valence electrons. The van der Waals surface area contributed by atoms with E-state index in [9.17, 15) is 0 Å². The van der Waals surface area contributed by atoms with E-state index in [2.05, 4.69) is 28.4 Å². The van der Waals surface area contributed by atoms with Crippen molar-refractivity contribution in [3.63, 3.8) is 0 Å². The Balaban J connectivity index is 0.000000810. The number of rotatable bonds is 1. The van der Waals surface area contributed by atoms with Crippen LogP contribution in [0, 0.1) is 6.42 Å². The van der Waals surface area contributed by atoms with E-state index in [-0.39, 0.29) is 58.2 Å². The molecule has 1 aromatic carbocycles. The third-order valence-corrected chi connectivity index (χ3v) is 1.94. The number of halogens is 1. The van der Waals surface area contributed by atoms with E-state index in [1.807, 2.05) is 25.1 Å². The van der Waals surface area contributed by atoms with Crippen LogP contribution >= 0.6 is 15.9 Å². The fourth-order valence-electron chi connectivity index (χ4n) is 0.709. The maximum atomic E-state index is 3.43. The van der Waals surface area contributed by atoms with Crippen LogP contribution in [0.3, 0.4) is 0 Å². The van der Waals surface area contributed by atoms with Crippen molar-refractivity contribution >= 4 is 15.9 Å². The molecule has 0 aliphatic heterocycles. The van der Waals surface area contributed by atoms with Crippen LogP contribution in [0.2, 0.25) is 0 Å². The monoisotopic (exact) mass is 268 g/mol. The summed E-state index contributed by atoms with van der Waals surface area (Å²) >= 11 is 3.43. The van der Waals surface area contributed by atoms with E-state index in [0.717, 1.165) is 4.47 Å². The molecule has 0 heterocycles. The van der Waals surface area contributed by atoms with Crippen molar-refractivity contribution in [1.82, 2.24) is 0 Å². The maximum Gasteiger partial charge on any atom is 1.00 e. The molecule has 0 aliphatic carbocycles. The summed E-state index contributed by atoms with van der Waals surface area (Å²) in [5.74, 6) is 0. The van der Waals surface area contributed by atoms with Gasteiger partial charge in [-0.15, -0.1) is 28.1 Å². The summed E-state index contributed by atoms with van der Waals surface area (Å²) in [6.45, 7) is 2.03. The summed E-state index contributed by atoms with van der Waals surface area (Å²) < 4.78 is 1.16. The minimum Gasteiger partial charge on any atom is -0.186 e. The average molecular weight is 270 g/mol. The third kappa shape index (κ3) is 3.18. The maximum absolute atomic E-state index is 3.43. The predicted octanol–water partition coefficient (Wildman–Crippen LogP) is 0.0254. The molecule has 2 heteroatoms. The van der Waals surface area contributed by atoms with Gasteiger partial charge in [0, 0.05) is 0 Å². The molecule has 0 amide bonds. The summed E-state index contributed by atoms with van der Waals surface area (Å²) in [6, 6.07) is 8.15. The van der Waals surface area contributed by atoms with Crippen molar-refractivity contribution in [2.45, 2.75) is 6.92 Å². The number of hydrogen-bond acceptors (Lipinski definition) is 0. The summed E-state index contributed by atoms with van der Waals surface area (Å²) in [7, 11) is 0. The average Bonchev–Trinajstić information content (AvgIpc) is 1.89. The van der Waals surface area contributed by atoms with Crippen molar-refractivity contribution in [3.8, 4) is 0 Å². The van der Waals surface area contributed by atoms with E-state index < -0.39 is 0 Å². The van der Waals surface area contributed by atoms with Gasteiger partial charge in [-0.1, -0.05) is 17.5 Å².